The Hall–Kier alpha value is -1.71. The molecule has 0 aromatic carbocycles. The molecule has 0 radical (unpaired) electrons. The maximum Gasteiger partial charge on any atom is 0.319 e. The Morgan fingerprint density at radius 3 is 2.84 bits per heavy atom. The van der Waals surface area contributed by atoms with E-state index in [0.717, 1.165) is 5.69 Å². The molecule has 0 aliphatic carbocycles. The molecule has 0 unspecified atom stereocenters. The summed E-state index contributed by atoms with van der Waals surface area (Å²) in [6, 6.07) is -0.389. The molecule has 1 aromatic heterocycles. The summed E-state index contributed by atoms with van der Waals surface area (Å²) in [7, 11) is 1.47. The summed E-state index contributed by atoms with van der Waals surface area (Å²) >= 11 is 1.32. The lowest BCUT2D eigenvalue weighted by Crippen LogP contribution is -2.44. The lowest BCUT2D eigenvalue weighted by molar-refractivity contribution is -0.139. The third kappa shape index (κ3) is 6.13. The molecule has 0 fully saturated rings. The number of likely N-dealkylation sites (N-methyl/N-ethyl adjacent to an activating group) is 1. The monoisotopic (exact) mass is 287 g/mol. The van der Waals surface area contributed by atoms with Gasteiger partial charge in [-0.3, -0.25) is 15.0 Å². The average molecular weight is 287 g/mol. The van der Waals surface area contributed by atoms with Gasteiger partial charge in [0.2, 0.25) is 5.91 Å². The Balaban J connectivity index is 2.33. The number of nitrogens with two attached hydrogens (primary N) is 2. The van der Waals surface area contributed by atoms with Crippen molar-refractivity contribution in [3.63, 3.8) is 0 Å². The fraction of sp³-hybridized carbons (Fsp3) is 0.500. The lowest BCUT2D eigenvalue weighted by Gasteiger charge is -2.17. The van der Waals surface area contributed by atoms with Crippen LogP contribution in [-0.4, -0.2) is 46.6 Å². The zero-order valence-corrected chi connectivity index (χ0v) is 11.3. The predicted octanol–water partition coefficient (Wildman–Crippen LogP) is -0.967. The number of nitrogens with zero attached hydrogens (tertiary/aromatic N) is 2. The molecular weight excluding hydrogens is 270 g/mol. The summed E-state index contributed by atoms with van der Waals surface area (Å²) in [4.78, 5) is 26.0. The molecule has 1 atom stereocenters. The first kappa shape index (κ1) is 15.3. The van der Waals surface area contributed by atoms with Gasteiger partial charge >= 0.3 is 5.97 Å². The number of aromatic nitrogens is 1. The van der Waals surface area contributed by atoms with E-state index < -0.39 is 5.97 Å². The second kappa shape index (κ2) is 7.02. The van der Waals surface area contributed by atoms with Crippen LogP contribution in [0.4, 0.5) is 5.13 Å². The van der Waals surface area contributed by atoms with Crippen LogP contribution in [0.15, 0.2) is 5.38 Å². The van der Waals surface area contributed by atoms with Crippen LogP contribution >= 0.6 is 11.3 Å². The van der Waals surface area contributed by atoms with Crippen molar-refractivity contribution in [1.29, 1.82) is 0 Å². The highest BCUT2D eigenvalue weighted by Crippen LogP contribution is 2.12. The van der Waals surface area contributed by atoms with Crippen molar-refractivity contribution in [1.82, 2.24) is 15.4 Å². The molecule has 1 heterocycles. The van der Waals surface area contributed by atoms with Crippen LogP contribution in [-0.2, 0) is 16.0 Å². The number of carboxylic acid groups (broad SMARTS) is 1. The van der Waals surface area contributed by atoms with Crippen molar-refractivity contribution >= 4 is 28.3 Å². The Labute approximate surface area is 114 Å². The smallest absolute Gasteiger partial charge is 0.319 e. The van der Waals surface area contributed by atoms with E-state index in [1.807, 2.05) is 0 Å². The number of hydrogen-bond acceptors (Lipinski definition) is 7. The standard InChI is InChI=1S/C10H17N5O3S/c1-15(4-9(17)18)14-8(16)3-6(11)2-7-5-19-10(12)13-7/h5-6H,2-4,11H2,1H3,(H2,12,13)(H,14,16)(H,17,18)/t6-/m1/s1. The number of carbonyl (C=O) groups excluding carboxylic acids is 1. The molecule has 1 rings (SSSR count). The van der Waals surface area contributed by atoms with Gasteiger partial charge in [0.25, 0.3) is 0 Å². The van der Waals surface area contributed by atoms with Gasteiger partial charge in [-0.25, -0.2) is 9.99 Å². The maximum absolute atomic E-state index is 11.6. The highest BCUT2D eigenvalue weighted by Gasteiger charge is 2.14. The summed E-state index contributed by atoms with van der Waals surface area (Å²) in [5.74, 6) is -1.36. The van der Waals surface area contributed by atoms with E-state index in [-0.39, 0.29) is 24.9 Å². The zero-order chi connectivity index (χ0) is 14.4. The lowest BCUT2D eigenvalue weighted by atomic mass is 10.1. The number of carboxylic acids is 1. The second-order valence-electron chi connectivity index (χ2n) is 4.13. The Bertz CT molecular complexity index is 450. The fourth-order valence-corrected chi connectivity index (χ4v) is 2.07. The number of rotatable bonds is 7. The number of nitrogen functional groups attached to an aromatic ring is 1. The SMILES string of the molecule is CN(CC(=O)O)NC(=O)C[C@H](N)Cc1csc(N)n1. The van der Waals surface area contributed by atoms with Crippen LogP contribution in [0.2, 0.25) is 0 Å². The first-order chi connectivity index (χ1) is 8.86. The van der Waals surface area contributed by atoms with Gasteiger partial charge in [-0.1, -0.05) is 0 Å². The van der Waals surface area contributed by atoms with Gasteiger partial charge in [0.1, 0.15) is 6.54 Å². The quantitative estimate of drug-likeness (QED) is 0.474. The number of anilines is 1. The molecular formula is C10H17N5O3S. The number of hydrogen-bond donors (Lipinski definition) is 4. The van der Waals surface area contributed by atoms with Gasteiger partial charge in [-0.2, -0.15) is 0 Å². The van der Waals surface area contributed by atoms with Gasteiger partial charge in [0, 0.05) is 31.3 Å². The topological polar surface area (TPSA) is 135 Å². The number of thiazole rings is 1. The fourth-order valence-electron chi connectivity index (χ4n) is 1.50. The van der Waals surface area contributed by atoms with Crippen molar-refractivity contribution in [3.05, 3.63) is 11.1 Å². The van der Waals surface area contributed by atoms with Crippen molar-refractivity contribution in [2.45, 2.75) is 18.9 Å². The minimum Gasteiger partial charge on any atom is -0.480 e. The number of aliphatic carboxylic acids is 1. The highest BCUT2D eigenvalue weighted by molar-refractivity contribution is 7.13. The van der Waals surface area contributed by atoms with Crippen molar-refractivity contribution < 1.29 is 14.7 Å². The van der Waals surface area contributed by atoms with Crippen molar-refractivity contribution in [3.8, 4) is 0 Å². The van der Waals surface area contributed by atoms with Crippen LogP contribution in [0.5, 0.6) is 0 Å². The minimum absolute atomic E-state index is 0.0847. The highest BCUT2D eigenvalue weighted by atomic mass is 32.1. The third-order valence-electron chi connectivity index (χ3n) is 2.18. The number of hydrazine groups is 1. The molecule has 8 nitrogen and oxygen atoms in total. The first-order valence-electron chi connectivity index (χ1n) is 5.54. The van der Waals surface area contributed by atoms with Gasteiger partial charge in [-0.05, 0) is 0 Å². The summed E-state index contributed by atoms with van der Waals surface area (Å²) in [5.41, 5.74) is 14.5. The van der Waals surface area contributed by atoms with Crippen molar-refractivity contribution in [2.75, 3.05) is 19.3 Å². The van der Waals surface area contributed by atoms with Crippen LogP contribution in [0.25, 0.3) is 0 Å². The normalized spacial score (nSPS) is 12.4. The zero-order valence-electron chi connectivity index (χ0n) is 10.5. The Kier molecular flexibility index (Phi) is 5.67. The van der Waals surface area contributed by atoms with E-state index in [4.69, 9.17) is 16.6 Å². The Morgan fingerprint density at radius 2 is 2.32 bits per heavy atom. The molecule has 6 N–H and O–H groups in total. The maximum atomic E-state index is 11.6. The molecule has 1 amide bonds. The molecule has 9 heteroatoms. The minimum atomic E-state index is -1.02. The van der Waals surface area contributed by atoms with Gasteiger partial charge < -0.3 is 16.6 Å². The van der Waals surface area contributed by atoms with E-state index >= 15 is 0 Å². The van der Waals surface area contributed by atoms with Gasteiger partial charge in [0.15, 0.2) is 5.13 Å². The first-order valence-corrected chi connectivity index (χ1v) is 6.42. The predicted molar refractivity (Wildman–Crippen MR) is 71.2 cm³/mol. The summed E-state index contributed by atoms with van der Waals surface area (Å²) in [6.45, 7) is -0.274. The summed E-state index contributed by atoms with van der Waals surface area (Å²) in [5, 5.41) is 12.0. The molecule has 0 bridgehead atoms. The van der Waals surface area contributed by atoms with Crippen LogP contribution in [0, 0.1) is 0 Å². The molecule has 1 aromatic rings. The van der Waals surface area contributed by atoms with E-state index in [2.05, 4.69) is 10.4 Å². The van der Waals surface area contributed by atoms with E-state index in [1.165, 1.54) is 23.4 Å². The molecule has 0 saturated heterocycles. The number of nitrogens with one attached hydrogen (secondary N) is 1. The van der Waals surface area contributed by atoms with E-state index in [1.54, 1.807) is 5.38 Å². The average Bonchev–Trinajstić information content (AvgIpc) is 2.61. The molecule has 106 valence electrons. The van der Waals surface area contributed by atoms with Crippen LogP contribution in [0.1, 0.15) is 12.1 Å². The number of carbonyl (C=O) groups is 2. The third-order valence-corrected chi connectivity index (χ3v) is 2.90. The molecule has 0 aliphatic rings. The summed E-state index contributed by atoms with van der Waals surface area (Å²) in [6.07, 6.45) is 0.533. The molecule has 0 saturated carbocycles. The van der Waals surface area contributed by atoms with Crippen LogP contribution in [0.3, 0.4) is 0 Å². The number of amides is 1. The summed E-state index contributed by atoms with van der Waals surface area (Å²) < 4.78 is 0. The van der Waals surface area contributed by atoms with Crippen molar-refractivity contribution in [2.24, 2.45) is 5.73 Å². The molecule has 19 heavy (non-hydrogen) atoms. The molecule has 0 spiro atoms. The second-order valence-corrected chi connectivity index (χ2v) is 5.02. The van der Waals surface area contributed by atoms with Crippen LogP contribution < -0.4 is 16.9 Å². The largest absolute Gasteiger partial charge is 0.480 e. The van der Waals surface area contributed by atoms with Gasteiger partial charge in [0.05, 0.1) is 5.69 Å². The van der Waals surface area contributed by atoms with E-state index in [0.29, 0.717) is 11.6 Å². The van der Waals surface area contributed by atoms with E-state index in [9.17, 15) is 9.59 Å². The molecule has 0 aliphatic heterocycles. The van der Waals surface area contributed by atoms with Gasteiger partial charge in [-0.15, -0.1) is 11.3 Å². The Morgan fingerprint density at radius 1 is 1.63 bits per heavy atom.